The summed E-state index contributed by atoms with van der Waals surface area (Å²) in [6, 6.07) is 25.5. The quantitative estimate of drug-likeness (QED) is 0.343. The first-order chi connectivity index (χ1) is 14.2. The van der Waals surface area contributed by atoms with Crippen molar-refractivity contribution in [3.63, 3.8) is 0 Å². The van der Waals surface area contributed by atoms with Gasteiger partial charge in [0.25, 0.3) is 0 Å². The van der Waals surface area contributed by atoms with Gasteiger partial charge in [-0.25, -0.2) is 4.98 Å². The normalized spacial score (nSPS) is 11.0. The number of ketones is 1. The molecule has 0 saturated heterocycles. The molecule has 0 aliphatic rings. The maximum absolute atomic E-state index is 13.1. The molecule has 0 aliphatic heterocycles. The van der Waals surface area contributed by atoms with E-state index >= 15 is 0 Å². The van der Waals surface area contributed by atoms with E-state index in [-0.39, 0.29) is 5.78 Å². The highest BCUT2D eigenvalue weighted by atomic mass is 32.1. The number of pyridine rings is 1. The average Bonchev–Trinajstić information content (AvgIpc) is 3.42. The van der Waals surface area contributed by atoms with Crippen molar-refractivity contribution in [1.82, 2.24) is 4.98 Å². The van der Waals surface area contributed by atoms with E-state index in [2.05, 4.69) is 24.3 Å². The number of hydrogen-bond acceptors (Lipinski definition) is 5. The van der Waals surface area contributed by atoms with Gasteiger partial charge in [-0.3, -0.25) is 4.79 Å². The summed E-state index contributed by atoms with van der Waals surface area (Å²) < 4.78 is 0. The SMILES string of the molecule is Nc1c(C(=O)c2ccccc2)sc2nc(-c3cccs3)cc(-c3ccccc3)c12. The standard InChI is InChI=1S/C24H16N2OS2/c25-21-20-17(15-8-3-1-4-9-15)14-18(19-12-7-13-28-19)26-24(20)29-23(21)22(27)16-10-5-2-6-11-16/h1-14H,25H2. The number of nitrogens with zero attached hydrogens (tertiary/aromatic N) is 1. The third kappa shape index (κ3) is 3.14. The second-order valence-electron chi connectivity index (χ2n) is 6.62. The van der Waals surface area contributed by atoms with Gasteiger partial charge in [0.15, 0.2) is 0 Å². The number of fused-ring (bicyclic) bond motifs is 1. The van der Waals surface area contributed by atoms with Gasteiger partial charge >= 0.3 is 0 Å². The topological polar surface area (TPSA) is 56.0 Å². The smallest absolute Gasteiger partial charge is 0.205 e. The van der Waals surface area contributed by atoms with E-state index in [1.165, 1.54) is 11.3 Å². The zero-order valence-corrected chi connectivity index (χ0v) is 17.0. The van der Waals surface area contributed by atoms with Gasteiger partial charge in [-0.05, 0) is 28.6 Å². The first-order valence-electron chi connectivity index (χ1n) is 9.14. The highest BCUT2D eigenvalue weighted by Crippen LogP contribution is 2.42. The van der Waals surface area contributed by atoms with Crippen LogP contribution in [0, 0.1) is 0 Å². The Hall–Kier alpha value is -3.28. The highest BCUT2D eigenvalue weighted by Gasteiger charge is 2.22. The van der Waals surface area contributed by atoms with Crippen molar-refractivity contribution < 1.29 is 4.79 Å². The van der Waals surface area contributed by atoms with Crippen molar-refractivity contribution in [1.29, 1.82) is 0 Å². The van der Waals surface area contributed by atoms with E-state index in [9.17, 15) is 4.79 Å². The van der Waals surface area contributed by atoms with Crippen LogP contribution in [-0.2, 0) is 0 Å². The molecule has 29 heavy (non-hydrogen) atoms. The van der Waals surface area contributed by atoms with Crippen LogP contribution in [0.15, 0.2) is 84.2 Å². The van der Waals surface area contributed by atoms with Crippen molar-refractivity contribution in [3.05, 3.63) is 94.7 Å². The molecule has 2 N–H and O–H groups in total. The van der Waals surface area contributed by atoms with Gasteiger partial charge in [0.05, 0.1) is 16.3 Å². The van der Waals surface area contributed by atoms with Crippen LogP contribution in [0.4, 0.5) is 5.69 Å². The second-order valence-corrected chi connectivity index (χ2v) is 8.57. The minimum atomic E-state index is -0.0669. The highest BCUT2D eigenvalue weighted by molar-refractivity contribution is 7.21. The number of carbonyl (C=O) groups excluding carboxylic acids is 1. The molecule has 0 fully saturated rings. The number of aromatic nitrogens is 1. The molecule has 5 aromatic rings. The number of hydrogen-bond donors (Lipinski definition) is 1. The maximum atomic E-state index is 13.1. The number of carbonyl (C=O) groups is 1. The Balaban J connectivity index is 1.77. The summed E-state index contributed by atoms with van der Waals surface area (Å²) in [4.78, 5) is 20.4. The van der Waals surface area contributed by atoms with Crippen molar-refractivity contribution >= 4 is 44.4 Å². The van der Waals surface area contributed by atoms with Gasteiger partial charge in [-0.15, -0.1) is 22.7 Å². The molecule has 0 unspecified atom stereocenters. The summed E-state index contributed by atoms with van der Waals surface area (Å²) in [7, 11) is 0. The Morgan fingerprint density at radius 2 is 1.62 bits per heavy atom. The summed E-state index contributed by atoms with van der Waals surface area (Å²) in [6.45, 7) is 0. The lowest BCUT2D eigenvalue weighted by Gasteiger charge is -2.08. The molecule has 0 spiro atoms. The van der Waals surface area contributed by atoms with Gasteiger partial charge in [-0.1, -0.05) is 66.7 Å². The van der Waals surface area contributed by atoms with E-state index in [1.807, 2.05) is 60.0 Å². The van der Waals surface area contributed by atoms with E-state index in [1.54, 1.807) is 11.3 Å². The summed E-state index contributed by atoms with van der Waals surface area (Å²) in [5, 5.41) is 2.89. The molecular formula is C24H16N2OS2. The van der Waals surface area contributed by atoms with Crippen molar-refractivity contribution in [2.45, 2.75) is 0 Å². The van der Waals surface area contributed by atoms with Crippen LogP contribution in [0.1, 0.15) is 15.2 Å². The fourth-order valence-corrected chi connectivity index (χ4v) is 5.17. The first kappa shape index (κ1) is 17.8. The monoisotopic (exact) mass is 412 g/mol. The number of benzene rings is 2. The molecule has 3 heterocycles. The number of nitrogens with two attached hydrogens (primary N) is 1. The predicted molar refractivity (Wildman–Crippen MR) is 123 cm³/mol. The third-order valence-electron chi connectivity index (χ3n) is 4.80. The minimum absolute atomic E-state index is 0.0669. The van der Waals surface area contributed by atoms with Crippen molar-refractivity contribution in [2.75, 3.05) is 5.73 Å². The van der Waals surface area contributed by atoms with E-state index in [0.717, 1.165) is 31.9 Å². The second kappa shape index (κ2) is 7.28. The summed E-state index contributed by atoms with van der Waals surface area (Å²) in [6.07, 6.45) is 0. The number of thiophene rings is 2. The molecular weight excluding hydrogens is 396 g/mol. The summed E-state index contributed by atoms with van der Waals surface area (Å²) in [5.74, 6) is -0.0669. The summed E-state index contributed by atoms with van der Waals surface area (Å²) >= 11 is 3.01. The van der Waals surface area contributed by atoms with Crippen LogP contribution in [0.2, 0.25) is 0 Å². The molecule has 5 rings (SSSR count). The van der Waals surface area contributed by atoms with Gasteiger partial charge in [0, 0.05) is 10.9 Å². The van der Waals surface area contributed by atoms with Crippen LogP contribution in [0.3, 0.4) is 0 Å². The molecule has 2 aromatic carbocycles. The molecule has 0 radical (unpaired) electrons. The molecule has 0 bridgehead atoms. The Morgan fingerprint density at radius 3 is 2.31 bits per heavy atom. The molecule has 0 saturated carbocycles. The van der Waals surface area contributed by atoms with Crippen molar-refractivity contribution in [2.24, 2.45) is 0 Å². The number of nitrogen functional groups attached to an aromatic ring is 1. The van der Waals surface area contributed by atoms with Crippen LogP contribution < -0.4 is 5.73 Å². The zero-order chi connectivity index (χ0) is 19.8. The predicted octanol–water partition coefficient (Wildman–Crippen LogP) is 6.51. The number of rotatable bonds is 4. The van der Waals surface area contributed by atoms with Gasteiger partial charge in [-0.2, -0.15) is 0 Å². The lowest BCUT2D eigenvalue weighted by atomic mass is 10.00. The maximum Gasteiger partial charge on any atom is 0.205 e. The Kier molecular flexibility index (Phi) is 4.46. The zero-order valence-electron chi connectivity index (χ0n) is 15.3. The van der Waals surface area contributed by atoms with E-state index in [4.69, 9.17) is 10.7 Å². The molecule has 3 aromatic heterocycles. The van der Waals surface area contributed by atoms with E-state index < -0.39 is 0 Å². The van der Waals surface area contributed by atoms with Crippen LogP contribution in [-0.4, -0.2) is 10.8 Å². The lowest BCUT2D eigenvalue weighted by molar-refractivity contribution is 0.104. The molecule has 0 amide bonds. The van der Waals surface area contributed by atoms with Crippen LogP contribution in [0.25, 0.3) is 31.9 Å². The van der Waals surface area contributed by atoms with Crippen LogP contribution >= 0.6 is 22.7 Å². The van der Waals surface area contributed by atoms with Crippen molar-refractivity contribution in [3.8, 4) is 21.7 Å². The molecule has 3 nitrogen and oxygen atoms in total. The number of anilines is 1. The molecule has 0 atom stereocenters. The molecule has 140 valence electrons. The lowest BCUT2D eigenvalue weighted by Crippen LogP contribution is -2.01. The fourth-order valence-electron chi connectivity index (χ4n) is 3.41. The third-order valence-corrected chi connectivity index (χ3v) is 6.79. The molecule has 0 aliphatic carbocycles. The fraction of sp³-hybridized carbons (Fsp3) is 0. The van der Waals surface area contributed by atoms with Gasteiger partial charge in [0.1, 0.15) is 9.71 Å². The Labute approximate surface area is 176 Å². The molecule has 5 heteroatoms. The van der Waals surface area contributed by atoms with Gasteiger partial charge < -0.3 is 5.73 Å². The summed E-state index contributed by atoms with van der Waals surface area (Å²) in [5.41, 5.74) is 10.6. The van der Waals surface area contributed by atoms with Crippen LogP contribution in [0.5, 0.6) is 0 Å². The van der Waals surface area contributed by atoms with E-state index in [0.29, 0.717) is 16.1 Å². The first-order valence-corrected chi connectivity index (χ1v) is 10.8. The Bertz CT molecular complexity index is 1310. The minimum Gasteiger partial charge on any atom is -0.397 e. The average molecular weight is 413 g/mol. The van der Waals surface area contributed by atoms with Gasteiger partial charge in [0.2, 0.25) is 5.78 Å². The largest absolute Gasteiger partial charge is 0.397 e. The Morgan fingerprint density at radius 1 is 0.897 bits per heavy atom.